The number of benzene rings is 4. The van der Waals surface area contributed by atoms with Gasteiger partial charge in [-0.25, -0.2) is 9.97 Å². The standard InChI is InChI=1S/C69H85N7O4/c1-10-11-12-13-14-15-46-77-54-27-19-50(20-28-54)66-58-35-37-60(70-58)67(51-21-29-55(30-22-51)78-47-16-43-74(2)3)61-38-40-63(72-61)69(53-25-33-57(34-26-53)80-49-18-45-76(7,8)9)65-42-41-64(73-65)68(62-39-36-59(66)71-62)52-23-31-56(32-24-52)79-48-17-44-75(4,5)6/h19-42,70,73H,10-18,43-49H2,1-9H3/q+2/p+1. The van der Waals surface area contributed by atoms with Crippen molar-refractivity contribution < 1.29 is 32.8 Å². The van der Waals surface area contributed by atoms with Crippen molar-refractivity contribution in [2.75, 3.05) is 102 Å². The first-order valence-electron chi connectivity index (χ1n) is 29.2. The molecule has 418 valence electrons. The van der Waals surface area contributed by atoms with Crippen LogP contribution in [0, 0.1) is 0 Å². The Labute approximate surface area is 475 Å². The second kappa shape index (κ2) is 26.7. The Morgan fingerprint density at radius 2 is 0.650 bits per heavy atom. The number of rotatable bonds is 27. The lowest BCUT2D eigenvalue weighted by Gasteiger charge is -2.23. The Balaban J connectivity index is 1.21. The van der Waals surface area contributed by atoms with Gasteiger partial charge in [0.25, 0.3) is 0 Å². The monoisotopic (exact) mass is 1080 g/mol. The zero-order valence-electron chi connectivity index (χ0n) is 49.1. The molecule has 2 aliphatic heterocycles. The van der Waals surface area contributed by atoms with E-state index in [-0.39, 0.29) is 0 Å². The van der Waals surface area contributed by atoms with Gasteiger partial charge in [-0.1, -0.05) is 87.6 Å². The molecular weight excluding hydrogens is 991 g/mol. The van der Waals surface area contributed by atoms with Crippen LogP contribution < -0.4 is 23.8 Å². The molecular formula is C69H86N7O4+3. The molecule has 11 heteroatoms. The Hall–Kier alpha value is -7.44. The molecule has 2 aliphatic rings. The maximum absolute atomic E-state index is 6.31. The molecule has 80 heavy (non-hydrogen) atoms. The zero-order chi connectivity index (χ0) is 56.1. The molecule has 0 saturated carbocycles. The number of H-pyrrole nitrogens is 2. The zero-order valence-corrected chi connectivity index (χ0v) is 49.1. The number of quaternary nitrogens is 3. The Morgan fingerprint density at radius 3 is 0.950 bits per heavy atom. The van der Waals surface area contributed by atoms with Gasteiger partial charge in [-0.05, 0) is 126 Å². The van der Waals surface area contributed by atoms with Crippen LogP contribution in [0.25, 0.3) is 90.9 Å². The van der Waals surface area contributed by atoms with Crippen LogP contribution in [0.4, 0.5) is 0 Å². The van der Waals surface area contributed by atoms with Crippen LogP contribution in [-0.2, 0) is 0 Å². The third-order valence-electron chi connectivity index (χ3n) is 14.7. The van der Waals surface area contributed by atoms with Crippen molar-refractivity contribution in [1.82, 2.24) is 19.9 Å². The van der Waals surface area contributed by atoms with Gasteiger partial charge in [-0.2, -0.15) is 0 Å². The number of aromatic nitrogens is 4. The predicted molar refractivity (Wildman–Crippen MR) is 333 cm³/mol. The number of fused-ring (bicyclic) bond motifs is 8. The molecule has 0 radical (unpaired) electrons. The molecule has 0 unspecified atom stereocenters. The predicted octanol–water partition coefficient (Wildman–Crippen LogP) is 13.9. The van der Waals surface area contributed by atoms with Gasteiger partial charge in [0.2, 0.25) is 0 Å². The number of unbranched alkanes of at least 4 members (excludes halogenated alkanes) is 5. The quantitative estimate of drug-likeness (QED) is 0.0351. The summed E-state index contributed by atoms with van der Waals surface area (Å²) >= 11 is 0. The second-order valence-corrected chi connectivity index (χ2v) is 23.8. The average molecular weight is 1080 g/mol. The van der Waals surface area contributed by atoms with Gasteiger partial charge in [-0.3, -0.25) is 0 Å². The lowest BCUT2D eigenvalue weighted by atomic mass is 10.0. The molecule has 3 aromatic heterocycles. The van der Waals surface area contributed by atoms with Crippen LogP contribution in [0.1, 0.15) is 87.5 Å². The highest BCUT2D eigenvalue weighted by atomic mass is 16.5. The highest BCUT2D eigenvalue weighted by Crippen LogP contribution is 2.40. The molecule has 3 N–H and O–H groups in total. The number of hydrogen-bond donors (Lipinski definition) is 3. The van der Waals surface area contributed by atoms with Gasteiger partial charge < -0.3 is 42.8 Å². The van der Waals surface area contributed by atoms with Crippen molar-refractivity contribution in [3.05, 3.63) is 144 Å². The topological polar surface area (TPSA) is 98.7 Å². The summed E-state index contributed by atoms with van der Waals surface area (Å²) in [6, 6.07) is 42.6. The molecule has 7 aromatic rings. The summed E-state index contributed by atoms with van der Waals surface area (Å²) in [6.45, 7) is 8.06. The summed E-state index contributed by atoms with van der Waals surface area (Å²) in [5, 5.41) is 0. The minimum atomic E-state index is 0.655. The van der Waals surface area contributed by atoms with Crippen LogP contribution in [-0.4, -0.2) is 131 Å². The summed E-state index contributed by atoms with van der Waals surface area (Å²) in [6.07, 6.45) is 18.8. The molecule has 0 atom stereocenters. The maximum atomic E-state index is 6.31. The summed E-state index contributed by atoms with van der Waals surface area (Å²) in [4.78, 5) is 20.4. The summed E-state index contributed by atoms with van der Waals surface area (Å²) in [5.74, 6) is 3.40. The van der Waals surface area contributed by atoms with Crippen LogP contribution in [0.3, 0.4) is 0 Å². The number of nitrogens with one attached hydrogen (secondary N) is 3. The number of ether oxygens (including phenoxy) is 4. The normalized spacial score (nSPS) is 12.4. The van der Waals surface area contributed by atoms with E-state index < -0.39 is 0 Å². The van der Waals surface area contributed by atoms with Crippen molar-refractivity contribution in [3.63, 3.8) is 0 Å². The number of hydrogen-bond acceptors (Lipinski definition) is 6. The average Bonchev–Trinajstić information content (AvgIpc) is 4.39. The van der Waals surface area contributed by atoms with E-state index in [1.165, 1.54) is 37.0 Å². The molecule has 5 heterocycles. The lowest BCUT2D eigenvalue weighted by Crippen LogP contribution is -3.05. The van der Waals surface area contributed by atoms with Crippen molar-refractivity contribution in [2.45, 2.75) is 64.7 Å². The van der Waals surface area contributed by atoms with E-state index in [9.17, 15) is 0 Å². The molecule has 4 aromatic carbocycles. The van der Waals surface area contributed by atoms with Crippen LogP contribution >= 0.6 is 0 Å². The third kappa shape index (κ3) is 15.5. The third-order valence-corrected chi connectivity index (χ3v) is 14.7. The van der Waals surface area contributed by atoms with E-state index in [0.717, 1.165) is 167 Å². The lowest BCUT2D eigenvalue weighted by molar-refractivity contribution is -0.870. The minimum absolute atomic E-state index is 0.655. The minimum Gasteiger partial charge on any atom is -0.494 e. The van der Waals surface area contributed by atoms with Gasteiger partial charge in [0.05, 0.1) is 125 Å². The maximum Gasteiger partial charge on any atom is 0.119 e. The Kier molecular flexibility index (Phi) is 19.1. The fraction of sp³-hybridized carbons (Fsp3) is 0.362. The molecule has 0 aliphatic carbocycles. The van der Waals surface area contributed by atoms with E-state index in [4.69, 9.17) is 28.9 Å². The van der Waals surface area contributed by atoms with Gasteiger partial charge in [-0.15, -0.1) is 0 Å². The molecule has 0 fully saturated rings. The Bertz CT molecular complexity index is 3380. The van der Waals surface area contributed by atoms with E-state index in [1.807, 2.05) is 0 Å². The number of aromatic amines is 2. The first-order chi connectivity index (χ1) is 38.7. The Morgan fingerprint density at radius 1 is 0.362 bits per heavy atom. The number of nitrogens with zero attached hydrogens (tertiary/aromatic N) is 4. The van der Waals surface area contributed by atoms with Gasteiger partial charge >= 0.3 is 0 Å². The molecule has 9 rings (SSSR count). The van der Waals surface area contributed by atoms with Gasteiger partial charge in [0, 0.05) is 63.6 Å². The van der Waals surface area contributed by atoms with Crippen molar-refractivity contribution in [2.24, 2.45) is 0 Å². The fourth-order valence-electron chi connectivity index (χ4n) is 10.4. The van der Waals surface area contributed by atoms with Crippen LogP contribution in [0.5, 0.6) is 23.0 Å². The van der Waals surface area contributed by atoms with Crippen molar-refractivity contribution in [3.8, 4) is 67.5 Å². The summed E-state index contributed by atoms with van der Waals surface area (Å²) in [5.41, 5.74) is 15.1. The van der Waals surface area contributed by atoms with Crippen LogP contribution in [0.15, 0.2) is 121 Å². The van der Waals surface area contributed by atoms with Crippen LogP contribution in [0.2, 0.25) is 0 Å². The molecule has 11 nitrogen and oxygen atoms in total. The summed E-state index contributed by atoms with van der Waals surface area (Å²) in [7, 11) is 17.6. The van der Waals surface area contributed by atoms with E-state index >= 15 is 0 Å². The molecule has 8 bridgehead atoms. The largest absolute Gasteiger partial charge is 0.494 e. The summed E-state index contributed by atoms with van der Waals surface area (Å²) < 4.78 is 26.9. The molecule has 0 saturated heterocycles. The van der Waals surface area contributed by atoms with Gasteiger partial charge in [0.15, 0.2) is 0 Å². The molecule has 0 amide bonds. The molecule has 0 spiro atoms. The van der Waals surface area contributed by atoms with E-state index in [2.05, 4.69) is 219 Å². The van der Waals surface area contributed by atoms with E-state index in [0.29, 0.717) is 26.4 Å². The highest BCUT2D eigenvalue weighted by Gasteiger charge is 2.20. The fourth-order valence-corrected chi connectivity index (χ4v) is 10.4. The van der Waals surface area contributed by atoms with Crippen molar-refractivity contribution in [1.29, 1.82) is 0 Å². The van der Waals surface area contributed by atoms with E-state index in [1.54, 1.807) is 0 Å². The SMILES string of the molecule is CCCCCCCCOc1ccc(-c2c3nc(c(-c4ccc(OCCC[N+](C)(C)C)cc4)c4ccc([nH]4)c(-c4ccc(OCCC[N+](C)(C)C)cc4)c4nc(c(-c5ccc(OCCC[NH+](C)C)cc5)c5ccc2[nH]5)C=C4)C=C3)cc1. The first-order valence-corrected chi connectivity index (χ1v) is 29.2. The van der Waals surface area contributed by atoms with Crippen molar-refractivity contribution >= 4 is 46.4 Å². The first kappa shape index (κ1) is 57.3. The highest BCUT2D eigenvalue weighted by molar-refractivity contribution is 6.00. The van der Waals surface area contributed by atoms with Gasteiger partial charge in [0.1, 0.15) is 23.0 Å². The smallest absolute Gasteiger partial charge is 0.119 e. The second-order valence-electron chi connectivity index (χ2n) is 23.8.